The number of benzene rings is 1. The lowest BCUT2D eigenvalue weighted by Gasteiger charge is -2.38. The summed E-state index contributed by atoms with van der Waals surface area (Å²) in [5.74, 6) is 0.354. The molecule has 2 aliphatic rings. The Labute approximate surface area is 150 Å². The second-order valence-corrected chi connectivity index (χ2v) is 7.38. The molecule has 2 saturated heterocycles. The van der Waals surface area contributed by atoms with Crippen LogP contribution in [0.25, 0.3) is 0 Å². The van der Waals surface area contributed by atoms with E-state index < -0.39 is 0 Å². The van der Waals surface area contributed by atoms with E-state index in [9.17, 15) is 9.59 Å². The SMILES string of the molecule is CC(=O)N[C@@H]1CCCN(C(=O)[C@@H]2CCCN(Cc3ccccc3)C2)C1. The zero-order valence-electron chi connectivity index (χ0n) is 15.1. The summed E-state index contributed by atoms with van der Waals surface area (Å²) in [5, 5.41) is 2.97. The minimum absolute atomic E-state index is 0.00833. The maximum atomic E-state index is 13.0. The first-order valence-corrected chi connectivity index (χ1v) is 9.44. The van der Waals surface area contributed by atoms with E-state index >= 15 is 0 Å². The number of likely N-dealkylation sites (tertiary alicyclic amines) is 2. The van der Waals surface area contributed by atoms with Crippen LogP contribution in [0.2, 0.25) is 0 Å². The quantitative estimate of drug-likeness (QED) is 0.910. The molecule has 2 heterocycles. The maximum absolute atomic E-state index is 13.0. The van der Waals surface area contributed by atoms with Crippen LogP contribution < -0.4 is 5.32 Å². The van der Waals surface area contributed by atoms with E-state index in [1.54, 1.807) is 6.92 Å². The van der Waals surface area contributed by atoms with Gasteiger partial charge in [0.2, 0.25) is 11.8 Å². The van der Waals surface area contributed by atoms with Gasteiger partial charge in [-0.1, -0.05) is 30.3 Å². The number of amides is 2. The van der Waals surface area contributed by atoms with Gasteiger partial charge >= 0.3 is 0 Å². The largest absolute Gasteiger partial charge is 0.352 e. The lowest BCUT2D eigenvalue weighted by atomic mass is 9.94. The highest BCUT2D eigenvalue weighted by molar-refractivity contribution is 5.79. The molecular formula is C20H29N3O2. The Bertz CT molecular complexity index is 590. The van der Waals surface area contributed by atoms with E-state index in [1.807, 2.05) is 11.0 Å². The van der Waals surface area contributed by atoms with Gasteiger partial charge in [0.15, 0.2) is 0 Å². The van der Waals surface area contributed by atoms with Gasteiger partial charge < -0.3 is 10.2 Å². The third-order valence-corrected chi connectivity index (χ3v) is 5.24. The molecule has 1 aromatic rings. The predicted octanol–water partition coefficient (Wildman–Crippen LogP) is 2.03. The van der Waals surface area contributed by atoms with Crippen molar-refractivity contribution < 1.29 is 9.59 Å². The number of carbonyl (C=O) groups is 2. The monoisotopic (exact) mass is 343 g/mol. The highest BCUT2D eigenvalue weighted by Crippen LogP contribution is 2.22. The standard InChI is InChI=1S/C20H29N3O2/c1-16(24)21-19-10-6-12-23(15-19)20(25)18-9-5-11-22(14-18)13-17-7-3-2-4-8-17/h2-4,7-8,18-19H,5-6,9-15H2,1H3,(H,21,24)/t18-,19-/m1/s1. The van der Waals surface area contributed by atoms with Crippen molar-refractivity contribution >= 4 is 11.8 Å². The smallest absolute Gasteiger partial charge is 0.227 e. The molecule has 5 heteroatoms. The van der Waals surface area contributed by atoms with Crippen molar-refractivity contribution in [2.45, 2.75) is 45.2 Å². The van der Waals surface area contributed by atoms with Crippen LogP contribution in [0.15, 0.2) is 30.3 Å². The molecule has 0 saturated carbocycles. The first-order valence-electron chi connectivity index (χ1n) is 9.44. The summed E-state index contributed by atoms with van der Waals surface area (Å²) in [6.07, 6.45) is 3.99. The molecule has 0 aromatic heterocycles. The summed E-state index contributed by atoms with van der Waals surface area (Å²) in [5.41, 5.74) is 1.30. The second-order valence-electron chi connectivity index (χ2n) is 7.38. The Morgan fingerprint density at radius 3 is 2.60 bits per heavy atom. The van der Waals surface area contributed by atoms with E-state index in [2.05, 4.69) is 34.5 Å². The van der Waals surface area contributed by atoms with Crippen molar-refractivity contribution in [1.29, 1.82) is 0 Å². The van der Waals surface area contributed by atoms with E-state index in [4.69, 9.17) is 0 Å². The molecule has 1 aromatic carbocycles. The molecule has 1 N–H and O–H groups in total. The Morgan fingerprint density at radius 2 is 1.84 bits per heavy atom. The van der Waals surface area contributed by atoms with Gasteiger partial charge in [-0.15, -0.1) is 0 Å². The van der Waals surface area contributed by atoms with E-state index in [0.29, 0.717) is 6.54 Å². The fourth-order valence-corrected chi connectivity index (χ4v) is 4.08. The number of nitrogens with zero attached hydrogens (tertiary/aromatic N) is 2. The molecule has 3 rings (SSSR count). The van der Waals surface area contributed by atoms with Crippen LogP contribution in [0.1, 0.15) is 38.2 Å². The lowest BCUT2D eigenvalue weighted by Crippen LogP contribution is -2.52. The van der Waals surface area contributed by atoms with E-state index in [0.717, 1.165) is 51.9 Å². The van der Waals surface area contributed by atoms with Crippen LogP contribution in [0.4, 0.5) is 0 Å². The second kappa shape index (κ2) is 8.48. The molecule has 2 fully saturated rings. The van der Waals surface area contributed by atoms with Crippen molar-refractivity contribution in [3.8, 4) is 0 Å². The van der Waals surface area contributed by atoms with Crippen LogP contribution >= 0.6 is 0 Å². The van der Waals surface area contributed by atoms with Gasteiger partial charge in [0.25, 0.3) is 0 Å². The molecular weight excluding hydrogens is 314 g/mol. The molecule has 25 heavy (non-hydrogen) atoms. The van der Waals surface area contributed by atoms with Gasteiger partial charge in [-0.05, 0) is 37.8 Å². The summed E-state index contributed by atoms with van der Waals surface area (Å²) in [6.45, 7) is 5.85. The number of piperidine rings is 2. The van der Waals surface area contributed by atoms with Gasteiger partial charge in [0.05, 0.1) is 5.92 Å². The predicted molar refractivity (Wildman–Crippen MR) is 97.9 cm³/mol. The third-order valence-electron chi connectivity index (χ3n) is 5.24. The summed E-state index contributed by atoms with van der Waals surface area (Å²) in [6, 6.07) is 10.6. The molecule has 0 radical (unpaired) electrons. The number of hydrogen-bond donors (Lipinski definition) is 1. The molecule has 2 aliphatic heterocycles. The number of rotatable bonds is 4. The van der Waals surface area contributed by atoms with Gasteiger partial charge in [-0.2, -0.15) is 0 Å². The fraction of sp³-hybridized carbons (Fsp3) is 0.600. The number of carbonyl (C=O) groups excluding carboxylic acids is 2. The minimum Gasteiger partial charge on any atom is -0.352 e. The summed E-state index contributed by atoms with van der Waals surface area (Å²) in [4.78, 5) is 28.6. The molecule has 0 spiro atoms. The van der Waals surface area contributed by atoms with Crippen LogP contribution in [-0.2, 0) is 16.1 Å². The van der Waals surface area contributed by atoms with Crippen molar-refractivity contribution in [3.63, 3.8) is 0 Å². The maximum Gasteiger partial charge on any atom is 0.227 e. The van der Waals surface area contributed by atoms with Gasteiger partial charge in [-0.25, -0.2) is 0 Å². The Balaban J connectivity index is 1.55. The van der Waals surface area contributed by atoms with Gasteiger partial charge in [0.1, 0.15) is 0 Å². The Hall–Kier alpha value is -1.88. The average Bonchev–Trinajstić information content (AvgIpc) is 2.62. The third kappa shape index (κ3) is 5.05. The van der Waals surface area contributed by atoms with Gasteiger partial charge in [-0.3, -0.25) is 14.5 Å². The highest BCUT2D eigenvalue weighted by Gasteiger charge is 2.32. The summed E-state index contributed by atoms with van der Waals surface area (Å²) in [7, 11) is 0. The molecule has 0 unspecified atom stereocenters. The zero-order chi connectivity index (χ0) is 17.6. The van der Waals surface area contributed by atoms with Crippen molar-refractivity contribution in [2.75, 3.05) is 26.2 Å². The van der Waals surface area contributed by atoms with Crippen LogP contribution in [0.5, 0.6) is 0 Å². The lowest BCUT2D eigenvalue weighted by molar-refractivity contribution is -0.139. The topological polar surface area (TPSA) is 52.7 Å². The molecule has 2 atom stereocenters. The average molecular weight is 343 g/mol. The highest BCUT2D eigenvalue weighted by atomic mass is 16.2. The first kappa shape index (κ1) is 17.9. The molecule has 0 bridgehead atoms. The minimum atomic E-state index is -0.00833. The zero-order valence-corrected chi connectivity index (χ0v) is 15.1. The van der Waals surface area contributed by atoms with E-state index in [1.165, 1.54) is 5.56 Å². The summed E-state index contributed by atoms with van der Waals surface area (Å²) < 4.78 is 0. The fourth-order valence-electron chi connectivity index (χ4n) is 4.08. The molecule has 2 amide bonds. The van der Waals surface area contributed by atoms with Crippen molar-refractivity contribution in [3.05, 3.63) is 35.9 Å². The van der Waals surface area contributed by atoms with Gasteiger partial charge in [0, 0.05) is 39.1 Å². The van der Waals surface area contributed by atoms with Crippen molar-refractivity contribution in [2.24, 2.45) is 5.92 Å². The van der Waals surface area contributed by atoms with Crippen LogP contribution in [-0.4, -0.2) is 53.8 Å². The molecule has 136 valence electrons. The molecule has 0 aliphatic carbocycles. The van der Waals surface area contributed by atoms with Crippen LogP contribution in [0.3, 0.4) is 0 Å². The summed E-state index contributed by atoms with van der Waals surface area (Å²) >= 11 is 0. The normalized spacial score (nSPS) is 24.8. The van der Waals surface area contributed by atoms with E-state index in [-0.39, 0.29) is 23.8 Å². The van der Waals surface area contributed by atoms with Crippen molar-refractivity contribution in [1.82, 2.24) is 15.1 Å². The Kier molecular flexibility index (Phi) is 6.08. The number of hydrogen-bond acceptors (Lipinski definition) is 3. The Morgan fingerprint density at radius 1 is 1.08 bits per heavy atom. The molecule has 5 nitrogen and oxygen atoms in total. The number of nitrogens with one attached hydrogen (secondary N) is 1. The van der Waals surface area contributed by atoms with Crippen LogP contribution in [0, 0.1) is 5.92 Å². The first-order chi connectivity index (χ1) is 12.1.